The second-order valence-corrected chi connectivity index (χ2v) is 6.12. The third-order valence-corrected chi connectivity index (χ3v) is 4.22. The largest absolute Gasteiger partial charge is 0.391 e. The lowest BCUT2D eigenvalue weighted by atomic mass is 9.63. The maximum absolute atomic E-state index is 12.2. The molecule has 3 nitrogen and oxygen atoms in total. The van der Waals surface area contributed by atoms with Gasteiger partial charge in [0.2, 0.25) is 0 Å². The Kier molecular flexibility index (Phi) is 10.7. The third-order valence-electron chi connectivity index (χ3n) is 4.22. The van der Waals surface area contributed by atoms with Gasteiger partial charge in [0.25, 0.3) is 0 Å². The monoisotopic (exact) mass is 346 g/mol. The van der Waals surface area contributed by atoms with Gasteiger partial charge in [-0.15, -0.1) is 0 Å². The van der Waals surface area contributed by atoms with Crippen LogP contribution in [0.15, 0.2) is 48.6 Å². The number of hydrogen-bond donors (Lipinski definition) is 0. The highest BCUT2D eigenvalue weighted by Crippen LogP contribution is 2.51. The van der Waals surface area contributed by atoms with Crippen molar-refractivity contribution >= 4 is 11.9 Å². The molecule has 0 atom stereocenters. The number of hydrogen-bond acceptors (Lipinski definition) is 3. The van der Waals surface area contributed by atoms with E-state index in [4.69, 9.17) is 4.74 Å². The molecule has 1 rings (SSSR count). The molecule has 0 bridgehead atoms. The van der Waals surface area contributed by atoms with E-state index in [1.165, 1.54) is 25.7 Å². The average Bonchev–Trinajstić information content (AvgIpc) is 2.77. The molecule has 25 heavy (non-hydrogen) atoms. The van der Waals surface area contributed by atoms with Crippen molar-refractivity contribution in [1.82, 2.24) is 0 Å². The Bertz CT molecular complexity index is 463. The van der Waals surface area contributed by atoms with E-state index in [0.717, 1.165) is 0 Å². The van der Waals surface area contributed by atoms with Crippen molar-refractivity contribution in [2.24, 2.45) is 10.8 Å². The molecule has 0 aliphatic carbocycles. The van der Waals surface area contributed by atoms with E-state index >= 15 is 0 Å². The van der Waals surface area contributed by atoms with Crippen molar-refractivity contribution in [1.29, 1.82) is 0 Å². The maximum atomic E-state index is 12.2. The molecule has 1 aliphatic heterocycles. The van der Waals surface area contributed by atoms with E-state index in [2.05, 4.69) is 13.8 Å². The summed E-state index contributed by atoms with van der Waals surface area (Å²) in [5.41, 5.74) is -2.21. The van der Waals surface area contributed by atoms with Crippen molar-refractivity contribution in [3.8, 4) is 0 Å². The van der Waals surface area contributed by atoms with Gasteiger partial charge in [0.05, 0.1) is 0 Å². The zero-order valence-electron chi connectivity index (χ0n) is 16.7. The molecule has 1 saturated heterocycles. The Hall–Kier alpha value is -1.90. The fraction of sp³-hybridized carbons (Fsp3) is 0.545. The van der Waals surface area contributed by atoms with E-state index in [1.54, 1.807) is 48.6 Å². The molecular weight excluding hydrogens is 312 g/mol. The SMILES string of the molecule is CC=CC1(C=CC)C(=O)OC(=O)C1(C=CC)C=CC.CCCCCC. The molecule has 1 fully saturated rings. The van der Waals surface area contributed by atoms with E-state index in [0.29, 0.717) is 0 Å². The minimum absolute atomic E-state index is 0.537. The second kappa shape index (κ2) is 11.6. The molecule has 0 unspecified atom stereocenters. The normalized spacial score (nSPS) is 26.8. The summed E-state index contributed by atoms with van der Waals surface area (Å²) in [5.74, 6) is -1.07. The molecule has 0 spiro atoms. The predicted octanol–water partition coefficient (Wildman–Crippen LogP) is 5.93. The van der Waals surface area contributed by atoms with Gasteiger partial charge in [0, 0.05) is 0 Å². The summed E-state index contributed by atoms with van der Waals surface area (Å²) in [6.07, 6.45) is 19.5. The van der Waals surface area contributed by atoms with Crippen molar-refractivity contribution < 1.29 is 14.3 Å². The minimum Gasteiger partial charge on any atom is -0.391 e. The van der Waals surface area contributed by atoms with Crippen molar-refractivity contribution in [2.45, 2.75) is 67.2 Å². The van der Waals surface area contributed by atoms with E-state index in [9.17, 15) is 9.59 Å². The fourth-order valence-electron chi connectivity index (χ4n) is 3.08. The molecular formula is C22H34O3. The van der Waals surface area contributed by atoms with Crippen LogP contribution < -0.4 is 0 Å². The Morgan fingerprint density at radius 2 is 0.960 bits per heavy atom. The maximum Gasteiger partial charge on any atom is 0.329 e. The molecule has 0 aromatic rings. The van der Waals surface area contributed by atoms with Gasteiger partial charge in [-0.25, -0.2) is 0 Å². The Morgan fingerprint density at radius 3 is 1.16 bits per heavy atom. The first kappa shape index (κ1) is 23.1. The summed E-state index contributed by atoms with van der Waals surface area (Å²) in [4.78, 5) is 24.5. The van der Waals surface area contributed by atoms with Crippen LogP contribution in [0.25, 0.3) is 0 Å². The van der Waals surface area contributed by atoms with Crippen LogP contribution in [0.5, 0.6) is 0 Å². The van der Waals surface area contributed by atoms with Crippen molar-refractivity contribution in [2.75, 3.05) is 0 Å². The lowest BCUT2D eigenvalue weighted by Crippen LogP contribution is -2.39. The third kappa shape index (κ3) is 5.04. The molecule has 0 N–H and O–H groups in total. The average molecular weight is 347 g/mol. The Labute approximate surface area is 153 Å². The van der Waals surface area contributed by atoms with Crippen LogP contribution in [0.1, 0.15) is 67.2 Å². The van der Waals surface area contributed by atoms with Crippen molar-refractivity contribution in [3.63, 3.8) is 0 Å². The number of carbonyl (C=O) groups is 2. The highest BCUT2D eigenvalue weighted by Gasteiger charge is 2.63. The first-order chi connectivity index (χ1) is 12.0. The van der Waals surface area contributed by atoms with Crippen LogP contribution in [0.3, 0.4) is 0 Å². The van der Waals surface area contributed by atoms with Crippen LogP contribution in [0, 0.1) is 10.8 Å². The van der Waals surface area contributed by atoms with Gasteiger partial charge in [-0.05, 0) is 27.7 Å². The summed E-state index contributed by atoms with van der Waals surface area (Å²) in [6.45, 7) is 11.7. The number of allylic oxidation sites excluding steroid dienone is 4. The lowest BCUT2D eigenvalue weighted by molar-refractivity contribution is -0.154. The topological polar surface area (TPSA) is 43.4 Å². The smallest absolute Gasteiger partial charge is 0.329 e. The zero-order chi connectivity index (χ0) is 19.3. The van der Waals surface area contributed by atoms with Gasteiger partial charge in [-0.3, -0.25) is 9.59 Å². The summed E-state index contributed by atoms with van der Waals surface area (Å²) in [5, 5.41) is 0. The molecule has 1 heterocycles. The van der Waals surface area contributed by atoms with Crippen molar-refractivity contribution in [3.05, 3.63) is 48.6 Å². The molecule has 140 valence electrons. The van der Waals surface area contributed by atoms with Crippen LogP contribution in [-0.2, 0) is 14.3 Å². The van der Waals surface area contributed by atoms with E-state index in [1.807, 2.05) is 27.7 Å². The first-order valence-corrected chi connectivity index (χ1v) is 9.28. The summed E-state index contributed by atoms with van der Waals surface area (Å²) in [7, 11) is 0. The highest BCUT2D eigenvalue weighted by atomic mass is 16.6. The first-order valence-electron chi connectivity index (χ1n) is 9.28. The molecule has 0 radical (unpaired) electrons. The van der Waals surface area contributed by atoms with E-state index < -0.39 is 22.8 Å². The summed E-state index contributed by atoms with van der Waals surface area (Å²) >= 11 is 0. The van der Waals surface area contributed by atoms with E-state index in [-0.39, 0.29) is 0 Å². The van der Waals surface area contributed by atoms with Crippen LogP contribution >= 0.6 is 0 Å². The standard InChI is InChI=1S/C16H20O3.C6H14/c1-5-9-15(10-6-2)13(17)19-14(18)16(15,11-7-3)12-8-4;1-3-5-6-4-2/h5-12H,1-4H3;3-6H2,1-2H3. The molecule has 0 saturated carbocycles. The molecule has 3 heteroatoms. The second-order valence-electron chi connectivity index (χ2n) is 6.12. The quantitative estimate of drug-likeness (QED) is 0.248. The number of ether oxygens (including phenoxy) is 1. The van der Waals surface area contributed by atoms with Gasteiger partial charge in [0.15, 0.2) is 0 Å². The van der Waals surface area contributed by atoms with Gasteiger partial charge in [0.1, 0.15) is 10.8 Å². The minimum atomic E-state index is -1.10. The number of unbranched alkanes of at least 4 members (excludes halogenated alkanes) is 3. The number of esters is 2. The molecule has 0 aromatic carbocycles. The lowest BCUT2D eigenvalue weighted by Gasteiger charge is -2.31. The van der Waals surface area contributed by atoms with Gasteiger partial charge >= 0.3 is 11.9 Å². The van der Waals surface area contributed by atoms with Crippen LogP contribution in [0.4, 0.5) is 0 Å². The Balaban J connectivity index is 0.000000823. The van der Waals surface area contributed by atoms with Gasteiger partial charge in [-0.1, -0.05) is 88.1 Å². The highest BCUT2D eigenvalue weighted by molar-refractivity contribution is 6.06. The number of rotatable bonds is 7. The molecule has 0 amide bonds. The van der Waals surface area contributed by atoms with Gasteiger partial charge in [-0.2, -0.15) is 0 Å². The fourth-order valence-corrected chi connectivity index (χ4v) is 3.08. The molecule has 1 aliphatic rings. The Morgan fingerprint density at radius 1 is 0.680 bits per heavy atom. The van der Waals surface area contributed by atoms with Crippen LogP contribution in [0.2, 0.25) is 0 Å². The van der Waals surface area contributed by atoms with Crippen LogP contribution in [-0.4, -0.2) is 11.9 Å². The van der Waals surface area contributed by atoms with Gasteiger partial charge < -0.3 is 4.74 Å². The summed E-state index contributed by atoms with van der Waals surface area (Å²) < 4.78 is 4.92. The number of carbonyl (C=O) groups excluding carboxylic acids is 2. The summed E-state index contributed by atoms with van der Waals surface area (Å²) in [6, 6.07) is 0. The zero-order valence-corrected chi connectivity index (χ0v) is 16.7. The number of cyclic esters (lactones) is 2. The predicted molar refractivity (Wildman–Crippen MR) is 105 cm³/mol. The molecule has 0 aromatic heterocycles.